The first-order valence-corrected chi connectivity index (χ1v) is 5.64. The summed E-state index contributed by atoms with van der Waals surface area (Å²) in [6.45, 7) is -0.148. The van der Waals surface area contributed by atoms with Gasteiger partial charge < -0.3 is 9.84 Å². The summed E-state index contributed by atoms with van der Waals surface area (Å²) in [5.74, 6) is -0.0275. The second-order valence-electron chi connectivity index (χ2n) is 3.45. The molecule has 1 aliphatic rings. The molecule has 0 saturated carbocycles. The molecule has 1 heterocycles. The largest absolute Gasteiger partial charge is 0.394 e. The molecule has 0 aromatic heterocycles. The van der Waals surface area contributed by atoms with Gasteiger partial charge in [-0.1, -0.05) is 46.3 Å². The maximum absolute atomic E-state index is 11.8. The second-order valence-corrected chi connectivity index (χ2v) is 4.44. The molecule has 1 fully saturated rings. The Kier molecular flexibility index (Phi) is 3.19. The summed E-state index contributed by atoms with van der Waals surface area (Å²) in [5, 5.41) is 9.01. The van der Waals surface area contributed by atoms with Crippen molar-refractivity contribution in [3.05, 3.63) is 35.9 Å². The van der Waals surface area contributed by atoms with Crippen molar-refractivity contribution in [1.29, 1.82) is 0 Å². The number of benzene rings is 1. The molecule has 80 valence electrons. The lowest BCUT2D eigenvalue weighted by Crippen LogP contribution is -2.23. The average molecular weight is 271 g/mol. The molecule has 15 heavy (non-hydrogen) atoms. The van der Waals surface area contributed by atoms with Gasteiger partial charge in [-0.15, -0.1) is 0 Å². The number of carbonyl (C=O) groups is 1. The third kappa shape index (κ3) is 1.97. The van der Waals surface area contributed by atoms with Gasteiger partial charge in [-0.3, -0.25) is 4.79 Å². The van der Waals surface area contributed by atoms with Crippen molar-refractivity contribution >= 4 is 21.7 Å². The van der Waals surface area contributed by atoms with Crippen LogP contribution in [0.1, 0.15) is 11.7 Å². The van der Waals surface area contributed by atoms with Crippen molar-refractivity contribution in [2.75, 3.05) is 6.61 Å². The third-order valence-electron chi connectivity index (χ3n) is 2.45. The highest BCUT2D eigenvalue weighted by Gasteiger charge is 2.41. The number of ketones is 1. The molecule has 0 amide bonds. The third-order valence-corrected chi connectivity index (χ3v) is 3.49. The smallest absolute Gasteiger partial charge is 0.182 e. The highest BCUT2D eigenvalue weighted by Crippen LogP contribution is 2.33. The van der Waals surface area contributed by atoms with Crippen LogP contribution in [-0.4, -0.2) is 28.4 Å². The zero-order valence-corrected chi connectivity index (χ0v) is 9.55. The predicted octanol–water partition coefficient (Wildman–Crippen LogP) is 1.45. The van der Waals surface area contributed by atoms with Crippen molar-refractivity contribution in [1.82, 2.24) is 0 Å². The fourth-order valence-corrected chi connectivity index (χ4v) is 2.18. The molecule has 1 N–H and O–H groups in total. The van der Waals surface area contributed by atoms with Crippen LogP contribution in [0.4, 0.5) is 0 Å². The van der Waals surface area contributed by atoms with Crippen LogP contribution >= 0.6 is 15.9 Å². The molecule has 1 aromatic carbocycles. The molecule has 1 aliphatic heterocycles. The minimum Gasteiger partial charge on any atom is -0.394 e. The van der Waals surface area contributed by atoms with Crippen LogP contribution in [0.2, 0.25) is 0 Å². The van der Waals surface area contributed by atoms with Gasteiger partial charge >= 0.3 is 0 Å². The molecule has 0 radical (unpaired) electrons. The van der Waals surface area contributed by atoms with Crippen molar-refractivity contribution in [3.63, 3.8) is 0 Å². The Balaban J connectivity index is 2.23. The minimum atomic E-state index is -0.548. The molecule has 3 nitrogen and oxygen atoms in total. The molecule has 0 aliphatic carbocycles. The van der Waals surface area contributed by atoms with Crippen LogP contribution in [0.15, 0.2) is 30.3 Å². The monoisotopic (exact) mass is 270 g/mol. The lowest BCUT2D eigenvalue weighted by molar-refractivity contribution is -0.122. The molecule has 0 spiro atoms. The van der Waals surface area contributed by atoms with Crippen LogP contribution in [0, 0.1) is 0 Å². The van der Waals surface area contributed by atoms with Gasteiger partial charge in [0, 0.05) is 0 Å². The minimum absolute atomic E-state index is 0.0275. The number of halogens is 1. The van der Waals surface area contributed by atoms with Gasteiger partial charge in [0.1, 0.15) is 17.0 Å². The van der Waals surface area contributed by atoms with Gasteiger partial charge in [0.25, 0.3) is 0 Å². The van der Waals surface area contributed by atoms with Gasteiger partial charge in [-0.2, -0.15) is 0 Å². The average Bonchev–Trinajstić information content (AvgIpc) is 2.57. The standard InChI is InChI=1S/C11H11BrO3/c12-9-8(6-13)15-11(10(9)14)7-4-2-1-3-5-7/h1-5,8-9,11,13H,6H2/t8-,9+,11-/m0/s1. The number of aliphatic hydroxyl groups excluding tert-OH is 1. The first-order chi connectivity index (χ1) is 7.24. The SMILES string of the molecule is O=C1[C@H](c2ccccc2)O[C@@H](CO)[C@H]1Br. The summed E-state index contributed by atoms with van der Waals surface area (Å²) in [6.07, 6.45) is -0.990. The lowest BCUT2D eigenvalue weighted by Gasteiger charge is -2.10. The number of hydrogen-bond acceptors (Lipinski definition) is 3. The van der Waals surface area contributed by atoms with Crippen molar-refractivity contribution < 1.29 is 14.6 Å². The Hall–Kier alpha value is -0.710. The van der Waals surface area contributed by atoms with E-state index >= 15 is 0 Å². The van der Waals surface area contributed by atoms with E-state index in [4.69, 9.17) is 9.84 Å². The summed E-state index contributed by atoms with van der Waals surface area (Å²) in [4.78, 5) is 11.4. The van der Waals surface area contributed by atoms with Crippen LogP contribution < -0.4 is 0 Å². The van der Waals surface area contributed by atoms with Crippen LogP contribution in [-0.2, 0) is 9.53 Å². The van der Waals surface area contributed by atoms with E-state index in [0.717, 1.165) is 5.56 Å². The molecule has 1 aromatic rings. The Labute approximate surface area is 96.2 Å². The highest BCUT2D eigenvalue weighted by molar-refractivity contribution is 9.10. The number of alkyl halides is 1. The number of hydrogen-bond donors (Lipinski definition) is 1. The van der Waals surface area contributed by atoms with Gasteiger partial charge in [0.05, 0.1) is 6.61 Å². The van der Waals surface area contributed by atoms with Crippen molar-refractivity contribution in [2.45, 2.75) is 17.0 Å². The zero-order chi connectivity index (χ0) is 10.8. The molecule has 1 saturated heterocycles. The summed E-state index contributed by atoms with van der Waals surface area (Å²) < 4.78 is 5.47. The number of Topliss-reactive ketones (excluding diaryl/α,β-unsaturated/α-hetero) is 1. The molecule has 2 rings (SSSR count). The summed E-state index contributed by atoms with van der Waals surface area (Å²) in [5.41, 5.74) is 0.836. The summed E-state index contributed by atoms with van der Waals surface area (Å²) >= 11 is 3.23. The predicted molar refractivity (Wildman–Crippen MR) is 58.9 cm³/mol. The fraction of sp³-hybridized carbons (Fsp3) is 0.364. The second kappa shape index (κ2) is 4.43. The van der Waals surface area contributed by atoms with Crippen LogP contribution in [0.25, 0.3) is 0 Å². The van der Waals surface area contributed by atoms with E-state index in [9.17, 15) is 4.79 Å². The van der Waals surface area contributed by atoms with Gasteiger partial charge in [-0.05, 0) is 5.56 Å². The molecule has 0 unspecified atom stereocenters. The normalized spacial score (nSPS) is 30.8. The van der Waals surface area contributed by atoms with Gasteiger partial charge in [0.2, 0.25) is 0 Å². The molecular weight excluding hydrogens is 260 g/mol. The van der Waals surface area contributed by atoms with Crippen LogP contribution in [0.5, 0.6) is 0 Å². The number of ether oxygens (including phenoxy) is 1. The van der Waals surface area contributed by atoms with E-state index < -0.39 is 17.0 Å². The zero-order valence-electron chi connectivity index (χ0n) is 7.97. The highest BCUT2D eigenvalue weighted by atomic mass is 79.9. The Morgan fingerprint density at radius 3 is 2.53 bits per heavy atom. The van der Waals surface area contributed by atoms with Crippen LogP contribution in [0.3, 0.4) is 0 Å². The first kappa shape index (κ1) is 10.8. The Bertz CT molecular complexity index is 352. The number of aliphatic hydroxyl groups is 1. The van der Waals surface area contributed by atoms with Crippen molar-refractivity contribution in [3.8, 4) is 0 Å². The number of rotatable bonds is 2. The van der Waals surface area contributed by atoms with E-state index in [1.165, 1.54) is 0 Å². The lowest BCUT2D eigenvalue weighted by atomic mass is 10.1. The Morgan fingerprint density at radius 2 is 2.00 bits per heavy atom. The van der Waals surface area contributed by atoms with Gasteiger partial charge in [-0.25, -0.2) is 0 Å². The Morgan fingerprint density at radius 1 is 1.33 bits per heavy atom. The van der Waals surface area contributed by atoms with E-state index in [1.54, 1.807) is 0 Å². The molecule has 3 atom stereocenters. The summed E-state index contributed by atoms with van der Waals surface area (Å²) in [7, 11) is 0. The van der Waals surface area contributed by atoms with Crippen molar-refractivity contribution in [2.24, 2.45) is 0 Å². The molecule has 4 heteroatoms. The quantitative estimate of drug-likeness (QED) is 0.828. The van der Waals surface area contributed by atoms with E-state index in [-0.39, 0.29) is 12.4 Å². The topological polar surface area (TPSA) is 46.5 Å². The van der Waals surface area contributed by atoms with E-state index in [2.05, 4.69) is 15.9 Å². The fourth-order valence-electron chi connectivity index (χ4n) is 1.64. The molecular formula is C11H11BrO3. The maximum Gasteiger partial charge on any atom is 0.182 e. The first-order valence-electron chi connectivity index (χ1n) is 4.73. The van der Waals surface area contributed by atoms with Gasteiger partial charge in [0.15, 0.2) is 5.78 Å². The van der Waals surface area contributed by atoms with E-state index in [0.29, 0.717) is 0 Å². The van der Waals surface area contributed by atoms with E-state index in [1.807, 2.05) is 30.3 Å². The number of carbonyl (C=O) groups excluding carboxylic acids is 1. The maximum atomic E-state index is 11.8. The molecule has 0 bridgehead atoms. The summed E-state index contributed by atoms with van der Waals surface area (Å²) in [6, 6.07) is 9.31.